The monoisotopic (exact) mass is 336 g/mol. The lowest BCUT2D eigenvalue weighted by Crippen LogP contribution is -2.45. The Morgan fingerprint density at radius 2 is 1.87 bits per heavy atom. The van der Waals surface area contributed by atoms with E-state index in [1.54, 1.807) is 36.4 Å². The summed E-state index contributed by atoms with van der Waals surface area (Å²) in [5.41, 5.74) is -0.694. The Bertz CT molecular complexity index is 683. The number of amides is 2. The Labute approximate surface area is 138 Å². The first kappa shape index (κ1) is 17.1. The van der Waals surface area contributed by atoms with E-state index in [1.165, 1.54) is 13.2 Å². The lowest BCUT2D eigenvalue weighted by molar-refractivity contribution is -0.140. The fourth-order valence-corrected chi connectivity index (χ4v) is 2.10. The van der Waals surface area contributed by atoms with Gasteiger partial charge in [-0.15, -0.1) is 0 Å². The number of benzene rings is 1. The summed E-state index contributed by atoms with van der Waals surface area (Å²) in [6.45, 7) is 1.47. The summed E-state index contributed by atoms with van der Waals surface area (Å²) >= 11 is 5.97. The Kier molecular flexibility index (Phi) is 5.41. The molecule has 23 heavy (non-hydrogen) atoms. The summed E-state index contributed by atoms with van der Waals surface area (Å²) in [7, 11) is 0. The van der Waals surface area contributed by atoms with Crippen LogP contribution < -0.4 is 10.6 Å². The normalized spacial score (nSPS) is 13.2. The predicted molar refractivity (Wildman–Crippen MR) is 84.6 cm³/mol. The summed E-state index contributed by atoms with van der Waals surface area (Å²) in [4.78, 5) is 23.5. The highest BCUT2D eigenvalue weighted by Gasteiger charge is 2.28. The molecule has 6 nitrogen and oxygen atoms in total. The molecular weight excluding hydrogens is 320 g/mol. The van der Waals surface area contributed by atoms with E-state index < -0.39 is 17.4 Å². The molecule has 2 rings (SSSR count). The number of halogens is 1. The summed E-state index contributed by atoms with van der Waals surface area (Å²) in [5, 5.41) is 15.5. The van der Waals surface area contributed by atoms with Crippen molar-refractivity contribution in [3.63, 3.8) is 0 Å². The molecule has 1 aromatic heterocycles. The van der Waals surface area contributed by atoms with Gasteiger partial charge in [0.1, 0.15) is 11.4 Å². The number of hydrogen-bond donors (Lipinski definition) is 3. The summed E-state index contributed by atoms with van der Waals surface area (Å²) in [5.74, 6) is -1.35. The van der Waals surface area contributed by atoms with Gasteiger partial charge >= 0.3 is 11.8 Å². The lowest BCUT2D eigenvalue weighted by atomic mass is 10.0. The number of rotatable bonds is 5. The highest BCUT2D eigenvalue weighted by Crippen LogP contribution is 2.19. The Morgan fingerprint density at radius 3 is 2.52 bits per heavy atom. The molecule has 0 radical (unpaired) electrons. The van der Waals surface area contributed by atoms with Gasteiger partial charge in [-0.1, -0.05) is 29.8 Å². The summed E-state index contributed by atoms with van der Waals surface area (Å²) in [6, 6.07) is 10.2. The first-order chi connectivity index (χ1) is 10.9. The fraction of sp³-hybridized carbons (Fsp3) is 0.250. The molecule has 1 aromatic carbocycles. The molecule has 0 saturated carbocycles. The minimum absolute atomic E-state index is 0.139. The van der Waals surface area contributed by atoms with Crippen LogP contribution >= 0.6 is 11.6 Å². The molecule has 1 atom stereocenters. The van der Waals surface area contributed by atoms with E-state index in [-0.39, 0.29) is 13.1 Å². The van der Waals surface area contributed by atoms with Crippen LogP contribution in [0, 0.1) is 0 Å². The zero-order chi connectivity index (χ0) is 16.9. The van der Waals surface area contributed by atoms with Crippen LogP contribution in [-0.2, 0) is 21.7 Å². The second kappa shape index (κ2) is 7.30. The van der Waals surface area contributed by atoms with E-state index in [1.807, 2.05) is 0 Å². The van der Waals surface area contributed by atoms with Crippen molar-refractivity contribution in [1.82, 2.24) is 10.6 Å². The molecule has 0 fully saturated rings. The van der Waals surface area contributed by atoms with Crippen molar-refractivity contribution in [1.29, 1.82) is 0 Å². The standard InChI is InChI=1S/C16H17ClN2O4/c1-16(22,13-7-4-8-23-13)10-19-15(21)14(20)18-9-11-5-2-3-6-12(11)17/h2-8,22H,9-10H2,1H3,(H,18,20)(H,19,21). The highest BCUT2D eigenvalue weighted by molar-refractivity contribution is 6.35. The Balaban J connectivity index is 1.84. The third-order valence-corrected chi connectivity index (χ3v) is 3.62. The van der Waals surface area contributed by atoms with E-state index in [9.17, 15) is 14.7 Å². The first-order valence-electron chi connectivity index (χ1n) is 6.96. The van der Waals surface area contributed by atoms with Gasteiger partial charge in [-0.3, -0.25) is 9.59 Å². The van der Waals surface area contributed by atoms with Crippen LogP contribution in [-0.4, -0.2) is 23.5 Å². The summed E-state index contributed by atoms with van der Waals surface area (Å²) in [6.07, 6.45) is 1.42. The molecule has 0 bridgehead atoms. The third-order valence-electron chi connectivity index (χ3n) is 3.25. The van der Waals surface area contributed by atoms with E-state index in [0.717, 1.165) is 0 Å². The second-order valence-corrected chi connectivity index (χ2v) is 5.62. The molecule has 2 amide bonds. The van der Waals surface area contributed by atoms with Crippen molar-refractivity contribution in [2.75, 3.05) is 6.54 Å². The number of carbonyl (C=O) groups is 2. The average molecular weight is 337 g/mol. The van der Waals surface area contributed by atoms with Gasteiger partial charge < -0.3 is 20.2 Å². The number of hydrogen-bond acceptors (Lipinski definition) is 4. The molecule has 0 aliphatic heterocycles. The molecule has 122 valence electrons. The van der Waals surface area contributed by atoms with Gasteiger partial charge in [0.25, 0.3) is 0 Å². The minimum Gasteiger partial charge on any atom is -0.466 e. The second-order valence-electron chi connectivity index (χ2n) is 5.21. The zero-order valence-corrected chi connectivity index (χ0v) is 13.3. The summed E-state index contributed by atoms with van der Waals surface area (Å²) < 4.78 is 5.09. The zero-order valence-electron chi connectivity index (χ0n) is 12.5. The number of carbonyl (C=O) groups excluding carboxylic acids is 2. The minimum atomic E-state index is -1.40. The van der Waals surface area contributed by atoms with Gasteiger partial charge in [-0.05, 0) is 30.7 Å². The average Bonchev–Trinajstić information content (AvgIpc) is 3.07. The Morgan fingerprint density at radius 1 is 1.17 bits per heavy atom. The Hall–Kier alpha value is -2.31. The van der Waals surface area contributed by atoms with Gasteiger partial charge in [-0.25, -0.2) is 0 Å². The fourth-order valence-electron chi connectivity index (χ4n) is 1.90. The van der Waals surface area contributed by atoms with Crippen LogP contribution in [0.15, 0.2) is 47.1 Å². The van der Waals surface area contributed by atoms with Crippen molar-refractivity contribution in [3.05, 3.63) is 59.0 Å². The van der Waals surface area contributed by atoms with Crippen molar-refractivity contribution in [2.24, 2.45) is 0 Å². The van der Waals surface area contributed by atoms with Gasteiger partial charge in [-0.2, -0.15) is 0 Å². The van der Waals surface area contributed by atoms with Gasteiger partial charge in [0.05, 0.1) is 12.8 Å². The maximum Gasteiger partial charge on any atom is 0.309 e. The highest BCUT2D eigenvalue weighted by atomic mass is 35.5. The SMILES string of the molecule is CC(O)(CNC(=O)C(=O)NCc1ccccc1Cl)c1ccco1. The smallest absolute Gasteiger partial charge is 0.309 e. The van der Waals surface area contributed by atoms with Crippen molar-refractivity contribution in [3.8, 4) is 0 Å². The van der Waals surface area contributed by atoms with Crippen molar-refractivity contribution >= 4 is 23.4 Å². The quantitative estimate of drug-likeness (QED) is 0.723. The molecule has 1 unspecified atom stereocenters. The lowest BCUT2D eigenvalue weighted by Gasteiger charge is -2.20. The van der Waals surface area contributed by atoms with E-state index in [0.29, 0.717) is 16.3 Å². The van der Waals surface area contributed by atoms with Crippen LogP contribution in [0.3, 0.4) is 0 Å². The molecule has 2 aromatic rings. The van der Waals surface area contributed by atoms with Crippen molar-refractivity contribution < 1.29 is 19.1 Å². The maximum atomic E-state index is 11.8. The van der Waals surface area contributed by atoms with Crippen LogP contribution in [0.4, 0.5) is 0 Å². The number of nitrogens with one attached hydrogen (secondary N) is 2. The molecule has 0 saturated heterocycles. The van der Waals surface area contributed by atoms with Crippen molar-refractivity contribution in [2.45, 2.75) is 19.1 Å². The van der Waals surface area contributed by atoms with E-state index in [2.05, 4.69) is 10.6 Å². The van der Waals surface area contributed by atoms with Crippen LogP contribution in [0.25, 0.3) is 0 Å². The maximum absolute atomic E-state index is 11.8. The molecule has 0 aliphatic carbocycles. The number of furan rings is 1. The largest absolute Gasteiger partial charge is 0.466 e. The van der Waals surface area contributed by atoms with E-state index >= 15 is 0 Å². The number of aliphatic hydroxyl groups is 1. The van der Waals surface area contributed by atoms with Crippen LogP contribution in [0.2, 0.25) is 5.02 Å². The molecule has 1 heterocycles. The van der Waals surface area contributed by atoms with Gasteiger partial charge in [0, 0.05) is 11.6 Å². The van der Waals surface area contributed by atoms with Crippen LogP contribution in [0.5, 0.6) is 0 Å². The van der Waals surface area contributed by atoms with E-state index in [4.69, 9.17) is 16.0 Å². The van der Waals surface area contributed by atoms with Gasteiger partial charge in [0.2, 0.25) is 0 Å². The first-order valence-corrected chi connectivity index (χ1v) is 7.34. The molecule has 0 aliphatic rings. The topological polar surface area (TPSA) is 91.6 Å². The molecule has 0 spiro atoms. The molecule has 7 heteroatoms. The molecular formula is C16H17ClN2O4. The predicted octanol–water partition coefficient (Wildman–Crippen LogP) is 1.57. The molecule has 3 N–H and O–H groups in total. The van der Waals surface area contributed by atoms with Gasteiger partial charge in [0.15, 0.2) is 0 Å². The van der Waals surface area contributed by atoms with Crippen LogP contribution in [0.1, 0.15) is 18.2 Å². The third kappa shape index (κ3) is 4.58.